The van der Waals surface area contributed by atoms with Crippen molar-refractivity contribution in [3.63, 3.8) is 0 Å². The van der Waals surface area contributed by atoms with Crippen LogP contribution in [0.1, 0.15) is 11.6 Å². The largest absolute Gasteiger partial charge is 1.00 e. The summed E-state index contributed by atoms with van der Waals surface area (Å²) in [7, 11) is 0. The molecule has 0 radical (unpaired) electrons. The molecule has 1 unspecified atom stereocenters. The summed E-state index contributed by atoms with van der Waals surface area (Å²) < 4.78 is 2.01. The molecule has 16 heavy (non-hydrogen) atoms. The zero-order chi connectivity index (χ0) is 10.5. The summed E-state index contributed by atoms with van der Waals surface area (Å²) in [6.07, 6.45) is 3.93. The van der Waals surface area contributed by atoms with Gasteiger partial charge in [0.1, 0.15) is 6.61 Å². The molecule has 0 saturated carbocycles. The number of aliphatic hydroxyl groups is 1. The molecule has 2 nitrogen and oxygen atoms in total. The lowest BCUT2D eigenvalue weighted by atomic mass is 10.1. The minimum Gasteiger partial charge on any atom is -1.00 e. The van der Waals surface area contributed by atoms with Crippen LogP contribution in [0.3, 0.4) is 0 Å². The highest BCUT2D eigenvalue weighted by molar-refractivity contribution is 5.17. The standard InChI is InChI=1S/C13H14NO.HI/c15-11-13(12-7-3-1-4-8-12)14-9-5-2-6-10-14;/h1-10,13,15H,11H2;1H/q+1;/p-1. The third kappa shape index (κ3) is 3.02. The molecule has 1 atom stereocenters. The van der Waals surface area contributed by atoms with Gasteiger partial charge in [0, 0.05) is 17.7 Å². The first-order valence-electron chi connectivity index (χ1n) is 5.03. The molecule has 0 spiro atoms. The van der Waals surface area contributed by atoms with Gasteiger partial charge < -0.3 is 29.1 Å². The first kappa shape index (κ1) is 13.1. The lowest BCUT2D eigenvalue weighted by Gasteiger charge is -2.09. The lowest BCUT2D eigenvalue weighted by Crippen LogP contribution is -3.00. The third-order valence-corrected chi connectivity index (χ3v) is 2.46. The molecule has 0 bridgehead atoms. The summed E-state index contributed by atoms with van der Waals surface area (Å²) in [5, 5.41) is 9.41. The predicted octanol–water partition coefficient (Wildman–Crippen LogP) is -1.44. The summed E-state index contributed by atoms with van der Waals surface area (Å²) in [6, 6.07) is 15.9. The average Bonchev–Trinajstić information content (AvgIpc) is 2.33. The highest BCUT2D eigenvalue weighted by Gasteiger charge is 2.18. The number of aromatic nitrogens is 1. The lowest BCUT2D eigenvalue weighted by molar-refractivity contribution is -0.715. The van der Waals surface area contributed by atoms with Crippen molar-refractivity contribution in [1.82, 2.24) is 0 Å². The summed E-state index contributed by atoms with van der Waals surface area (Å²) in [5.41, 5.74) is 1.12. The van der Waals surface area contributed by atoms with E-state index in [1.807, 2.05) is 65.5 Å². The van der Waals surface area contributed by atoms with Crippen molar-refractivity contribution in [2.45, 2.75) is 6.04 Å². The van der Waals surface area contributed by atoms with Gasteiger partial charge in [-0.25, -0.2) is 0 Å². The van der Waals surface area contributed by atoms with Crippen LogP contribution in [-0.4, -0.2) is 11.7 Å². The van der Waals surface area contributed by atoms with Crippen LogP contribution in [0.4, 0.5) is 0 Å². The fourth-order valence-corrected chi connectivity index (χ4v) is 1.67. The Bertz CT molecular complexity index is 365. The predicted molar refractivity (Wildman–Crippen MR) is 58.3 cm³/mol. The van der Waals surface area contributed by atoms with Crippen molar-refractivity contribution < 1.29 is 33.7 Å². The molecule has 0 amide bonds. The first-order chi connectivity index (χ1) is 7.42. The van der Waals surface area contributed by atoms with Crippen molar-refractivity contribution in [3.05, 3.63) is 66.5 Å². The Hall–Kier alpha value is -0.940. The van der Waals surface area contributed by atoms with Crippen LogP contribution in [0, 0.1) is 0 Å². The molecule has 3 heteroatoms. The maximum atomic E-state index is 9.41. The molecule has 0 aliphatic carbocycles. The number of rotatable bonds is 3. The first-order valence-corrected chi connectivity index (χ1v) is 5.03. The Morgan fingerprint density at radius 3 is 2.06 bits per heavy atom. The normalized spacial score (nSPS) is 11.6. The molecule has 84 valence electrons. The van der Waals surface area contributed by atoms with Gasteiger partial charge in [-0.3, -0.25) is 0 Å². The zero-order valence-electron chi connectivity index (χ0n) is 8.83. The van der Waals surface area contributed by atoms with Gasteiger partial charge in [-0.05, 0) is 0 Å². The molecule has 0 aliphatic rings. The Morgan fingerprint density at radius 2 is 1.50 bits per heavy atom. The molecule has 0 fully saturated rings. The van der Waals surface area contributed by atoms with Crippen LogP contribution in [0.5, 0.6) is 0 Å². The molecule has 2 aromatic rings. The van der Waals surface area contributed by atoms with Gasteiger partial charge in [0.25, 0.3) is 0 Å². The molecule has 0 aliphatic heterocycles. The van der Waals surface area contributed by atoms with E-state index in [1.165, 1.54) is 0 Å². The van der Waals surface area contributed by atoms with Crippen molar-refractivity contribution in [3.8, 4) is 0 Å². The van der Waals surface area contributed by atoms with Gasteiger partial charge in [0.15, 0.2) is 12.4 Å². The van der Waals surface area contributed by atoms with Gasteiger partial charge in [-0.15, -0.1) is 0 Å². The third-order valence-electron chi connectivity index (χ3n) is 2.46. The number of aliphatic hydroxyl groups excluding tert-OH is 1. The van der Waals surface area contributed by atoms with Crippen molar-refractivity contribution in [1.29, 1.82) is 0 Å². The van der Waals surface area contributed by atoms with E-state index in [0.717, 1.165) is 5.56 Å². The second-order valence-corrected chi connectivity index (χ2v) is 3.43. The summed E-state index contributed by atoms with van der Waals surface area (Å²) in [4.78, 5) is 0. The number of hydrogen-bond donors (Lipinski definition) is 1. The van der Waals surface area contributed by atoms with Crippen molar-refractivity contribution in [2.75, 3.05) is 6.61 Å². The van der Waals surface area contributed by atoms with E-state index in [4.69, 9.17) is 0 Å². The summed E-state index contributed by atoms with van der Waals surface area (Å²) in [6.45, 7) is 0.110. The van der Waals surface area contributed by atoms with E-state index in [9.17, 15) is 5.11 Å². The van der Waals surface area contributed by atoms with Crippen molar-refractivity contribution in [2.24, 2.45) is 0 Å². The van der Waals surface area contributed by atoms with E-state index in [1.54, 1.807) is 0 Å². The Balaban J connectivity index is 0.00000128. The second-order valence-electron chi connectivity index (χ2n) is 3.43. The Labute approximate surface area is 113 Å². The number of nitrogens with zero attached hydrogens (tertiary/aromatic N) is 1. The molecule has 0 saturated heterocycles. The van der Waals surface area contributed by atoms with Crippen LogP contribution >= 0.6 is 0 Å². The highest BCUT2D eigenvalue weighted by atomic mass is 127. The van der Waals surface area contributed by atoms with E-state index in [-0.39, 0.29) is 36.6 Å². The molecule has 1 heterocycles. The summed E-state index contributed by atoms with van der Waals surface area (Å²) >= 11 is 0. The topological polar surface area (TPSA) is 24.1 Å². The van der Waals surface area contributed by atoms with Crippen LogP contribution in [-0.2, 0) is 0 Å². The second kappa shape index (κ2) is 6.60. The quantitative estimate of drug-likeness (QED) is 0.542. The van der Waals surface area contributed by atoms with Crippen LogP contribution < -0.4 is 28.5 Å². The minimum atomic E-state index is 0. The Kier molecular flexibility index (Phi) is 5.42. The average molecular weight is 327 g/mol. The van der Waals surface area contributed by atoms with Gasteiger partial charge in [-0.2, -0.15) is 4.57 Å². The molecular weight excluding hydrogens is 313 g/mol. The smallest absolute Gasteiger partial charge is 0.206 e. The molecule has 1 N–H and O–H groups in total. The molecule has 2 rings (SSSR count). The van der Waals surface area contributed by atoms with Crippen molar-refractivity contribution >= 4 is 0 Å². The van der Waals surface area contributed by atoms with Crippen LogP contribution in [0.15, 0.2) is 60.9 Å². The van der Waals surface area contributed by atoms with Crippen LogP contribution in [0.2, 0.25) is 0 Å². The number of pyridine rings is 1. The fraction of sp³-hybridized carbons (Fsp3) is 0.154. The zero-order valence-corrected chi connectivity index (χ0v) is 11.0. The maximum absolute atomic E-state index is 9.41. The van der Waals surface area contributed by atoms with Gasteiger partial charge in [0.2, 0.25) is 6.04 Å². The monoisotopic (exact) mass is 327 g/mol. The fourth-order valence-electron chi connectivity index (χ4n) is 1.67. The van der Waals surface area contributed by atoms with E-state index in [2.05, 4.69) is 0 Å². The van der Waals surface area contributed by atoms with E-state index < -0.39 is 0 Å². The summed E-state index contributed by atoms with van der Waals surface area (Å²) in [5.74, 6) is 0. The highest BCUT2D eigenvalue weighted by Crippen LogP contribution is 2.10. The minimum absolute atomic E-state index is 0. The SMILES string of the molecule is OCC(c1ccccc1)[n+]1ccccc1.[I-]. The maximum Gasteiger partial charge on any atom is 0.206 e. The van der Waals surface area contributed by atoms with Gasteiger partial charge >= 0.3 is 0 Å². The number of halogens is 1. The van der Waals surface area contributed by atoms with E-state index >= 15 is 0 Å². The molecular formula is C13H14INO. The Morgan fingerprint density at radius 1 is 0.938 bits per heavy atom. The molecule has 1 aromatic heterocycles. The van der Waals surface area contributed by atoms with E-state index in [0.29, 0.717) is 0 Å². The van der Waals surface area contributed by atoms with Gasteiger partial charge in [0.05, 0.1) is 0 Å². The van der Waals surface area contributed by atoms with Crippen LogP contribution in [0.25, 0.3) is 0 Å². The molecule has 1 aromatic carbocycles. The number of benzene rings is 1. The number of hydrogen-bond acceptors (Lipinski definition) is 1. The van der Waals surface area contributed by atoms with Gasteiger partial charge in [-0.1, -0.05) is 36.4 Å².